The summed E-state index contributed by atoms with van der Waals surface area (Å²) < 4.78 is 0. The van der Waals surface area contributed by atoms with Crippen LogP contribution >= 0.6 is 0 Å². The third kappa shape index (κ3) is 3.19. The third-order valence-electron chi connectivity index (χ3n) is 3.80. The van der Waals surface area contributed by atoms with Gasteiger partial charge in [0, 0.05) is 24.3 Å². The first-order chi connectivity index (χ1) is 8.31. The Kier molecular flexibility index (Phi) is 4.37. The molecule has 0 atom stereocenters. The Morgan fingerprint density at radius 2 is 2.12 bits per heavy atom. The van der Waals surface area contributed by atoms with Crippen LogP contribution in [-0.2, 0) is 6.54 Å². The summed E-state index contributed by atoms with van der Waals surface area (Å²) in [4.78, 5) is 6.71. The number of hydrogen-bond acceptors (Lipinski definition) is 3. The van der Waals surface area contributed by atoms with Crippen LogP contribution < -0.4 is 5.73 Å². The summed E-state index contributed by atoms with van der Waals surface area (Å²) in [5.74, 6) is 0.682. The van der Waals surface area contributed by atoms with Gasteiger partial charge in [0.25, 0.3) is 0 Å². The summed E-state index contributed by atoms with van der Waals surface area (Å²) in [6.07, 6.45) is 8.61. The number of anilines is 1. The van der Waals surface area contributed by atoms with Gasteiger partial charge >= 0.3 is 0 Å². The predicted molar refractivity (Wildman–Crippen MR) is 71.6 cm³/mol. The summed E-state index contributed by atoms with van der Waals surface area (Å²) in [7, 11) is 0. The van der Waals surface area contributed by atoms with Gasteiger partial charge in [-0.2, -0.15) is 0 Å². The van der Waals surface area contributed by atoms with Crippen LogP contribution in [0.1, 0.15) is 44.6 Å². The fourth-order valence-corrected chi connectivity index (χ4v) is 2.75. The Bertz CT molecular complexity index is 345. The molecule has 0 aliphatic heterocycles. The third-order valence-corrected chi connectivity index (χ3v) is 3.80. The number of nitrogens with two attached hydrogens (primary N) is 1. The van der Waals surface area contributed by atoms with Gasteiger partial charge in [0.15, 0.2) is 0 Å². The fraction of sp³-hybridized carbons (Fsp3) is 0.643. The molecule has 0 radical (unpaired) electrons. The molecule has 0 saturated heterocycles. The molecule has 1 aliphatic rings. The Hall–Kier alpha value is -1.09. The molecule has 2 N–H and O–H groups in total. The first-order valence-electron chi connectivity index (χ1n) is 6.74. The molecule has 3 heteroatoms. The highest BCUT2D eigenvalue weighted by molar-refractivity contribution is 5.38. The van der Waals surface area contributed by atoms with Crippen molar-refractivity contribution < 1.29 is 0 Å². The van der Waals surface area contributed by atoms with E-state index in [9.17, 15) is 0 Å². The first-order valence-corrected chi connectivity index (χ1v) is 6.74. The molecule has 94 valence electrons. The van der Waals surface area contributed by atoms with Crippen LogP contribution in [0.4, 0.5) is 5.82 Å². The van der Waals surface area contributed by atoms with Crippen LogP contribution in [0.5, 0.6) is 0 Å². The average molecular weight is 233 g/mol. The van der Waals surface area contributed by atoms with Crippen molar-refractivity contribution in [3.63, 3.8) is 0 Å². The van der Waals surface area contributed by atoms with Crippen molar-refractivity contribution in [3.05, 3.63) is 23.9 Å². The van der Waals surface area contributed by atoms with Crippen molar-refractivity contribution in [1.82, 2.24) is 9.88 Å². The van der Waals surface area contributed by atoms with Crippen molar-refractivity contribution in [2.24, 2.45) is 0 Å². The van der Waals surface area contributed by atoms with E-state index in [-0.39, 0.29) is 0 Å². The van der Waals surface area contributed by atoms with E-state index in [0.29, 0.717) is 5.82 Å². The highest BCUT2D eigenvalue weighted by atomic mass is 15.1. The second-order valence-electron chi connectivity index (χ2n) is 4.90. The molecule has 3 nitrogen and oxygen atoms in total. The molecule has 1 heterocycles. The number of nitrogens with zero attached hydrogens (tertiary/aromatic N) is 2. The minimum atomic E-state index is 0.682. The lowest BCUT2D eigenvalue weighted by Crippen LogP contribution is -2.36. The minimum absolute atomic E-state index is 0.682. The van der Waals surface area contributed by atoms with E-state index in [0.717, 1.165) is 19.1 Å². The van der Waals surface area contributed by atoms with Gasteiger partial charge in [-0.05, 0) is 25.5 Å². The average Bonchev–Trinajstić information content (AvgIpc) is 2.39. The molecule has 1 saturated carbocycles. The molecular formula is C14H23N3. The molecule has 0 unspecified atom stereocenters. The molecule has 1 aromatic rings. The minimum Gasteiger partial charge on any atom is -0.383 e. The van der Waals surface area contributed by atoms with E-state index >= 15 is 0 Å². The van der Waals surface area contributed by atoms with Gasteiger partial charge < -0.3 is 5.73 Å². The van der Waals surface area contributed by atoms with Gasteiger partial charge in [-0.3, -0.25) is 4.90 Å². The monoisotopic (exact) mass is 233 g/mol. The number of aromatic nitrogens is 1. The second kappa shape index (κ2) is 6.01. The molecular weight excluding hydrogens is 210 g/mol. The molecule has 2 rings (SSSR count). The van der Waals surface area contributed by atoms with Gasteiger partial charge in [-0.1, -0.05) is 32.3 Å². The normalized spacial score (nSPS) is 17.5. The van der Waals surface area contributed by atoms with Crippen LogP contribution in [0.2, 0.25) is 0 Å². The summed E-state index contributed by atoms with van der Waals surface area (Å²) in [6, 6.07) is 4.81. The highest BCUT2D eigenvalue weighted by Gasteiger charge is 2.20. The number of nitrogen functional groups attached to an aromatic ring is 1. The molecule has 1 aromatic heterocycles. The Labute approximate surface area is 104 Å². The maximum atomic E-state index is 5.92. The van der Waals surface area contributed by atoms with Crippen LogP contribution in [0.3, 0.4) is 0 Å². The van der Waals surface area contributed by atoms with Gasteiger partial charge in [0.2, 0.25) is 0 Å². The molecule has 0 spiro atoms. The molecule has 0 aromatic carbocycles. The fourth-order valence-electron chi connectivity index (χ4n) is 2.75. The lowest BCUT2D eigenvalue weighted by atomic mass is 9.94. The standard InChI is InChI=1S/C14H23N3/c1-2-17(13-8-4-3-5-9-13)11-12-7-6-10-16-14(12)15/h6-7,10,13H,2-5,8-9,11H2,1H3,(H2,15,16). The zero-order chi connectivity index (χ0) is 12.1. The van der Waals surface area contributed by atoms with E-state index < -0.39 is 0 Å². The SMILES string of the molecule is CCN(Cc1cccnc1N)C1CCCCC1. The zero-order valence-corrected chi connectivity index (χ0v) is 10.7. The van der Waals surface area contributed by atoms with Crippen molar-refractivity contribution in [2.45, 2.75) is 51.6 Å². The second-order valence-corrected chi connectivity index (χ2v) is 4.90. The van der Waals surface area contributed by atoms with Crippen LogP contribution in [0.25, 0.3) is 0 Å². The lowest BCUT2D eigenvalue weighted by Gasteiger charge is -2.33. The summed E-state index contributed by atoms with van der Waals surface area (Å²) in [5, 5.41) is 0. The topological polar surface area (TPSA) is 42.2 Å². The number of rotatable bonds is 4. The summed E-state index contributed by atoms with van der Waals surface area (Å²) in [6.45, 7) is 4.28. The molecule has 17 heavy (non-hydrogen) atoms. The predicted octanol–water partition coefficient (Wildman–Crippen LogP) is 2.82. The van der Waals surface area contributed by atoms with E-state index in [1.807, 2.05) is 6.07 Å². The molecule has 0 bridgehead atoms. The largest absolute Gasteiger partial charge is 0.383 e. The quantitative estimate of drug-likeness (QED) is 0.869. The summed E-state index contributed by atoms with van der Waals surface area (Å²) >= 11 is 0. The maximum Gasteiger partial charge on any atom is 0.127 e. The molecule has 1 aliphatic carbocycles. The van der Waals surface area contributed by atoms with Crippen LogP contribution in [0, 0.1) is 0 Å². The first kappa shape index (κ1) is 12.4. The smallest absolute Gasteiger partial charge is 0.127 e. The summed E-state index contributed by atoms with van der Waals surface area (Å²) in [5.41, 5.74) is 7.08. The van der Waals surface area contributed by atoms with Crippen molar-refractivity contribution in [3.8, 4) is 0 Å². The van der Waals surface area contributed by atoms with Crippen molar-refractivity contribution >= 4 is 5.82 Å². The maximum absolute atomic E-state index is 5.92. The molecule has 1 fully saturated rings. The Morgan fingerprint density at radius 1 is 1.35 bits per heavy atom. The van der Waals surface area contributed by atoms with Gasteiger partial charge in [-0.15, -0.1) is 0 Å². The van der Waals surface area contributed by atoms with Gasteiger partial charge in [-0.25, -0.2) is 4.98 Å². The van der Waals surface area contributed by atoms with Gasteiger partial charge in [0.1, 0.15) is 5.82 Å². The lowest BCUT2D eigenvalue weighted by molar-refractivity contribution is 0.156. The van der Waals surface area contributed by atoms with Gasteiger partial charge in [0.05, 0.1) is 0 Å². The zero-order valence-electron chi connectivity index (χ0n) is 10.7. The van der Waals surface area contributed by atoms with Crippen LogP contribution in [-0.4, -0.2) is 22.5 Å². The number of pyridine rings is 1. The van der Waals surface area contributed by atoms with E-state index in [2.05, 4.69) is 22.9 Å². The van der Waals surface area contributed by atoms with E-state index in [1.165, 1.54) is 37.7 Å². The highest BCUT2D eigenvalue weighted by Crippen LogP contribution is 2.24. The van der Waals surface area contributed by atoms with E-state index in [1.54, 1.807) is 6.20 Å². The van der Waals surface area contributed by atoms with Crippen molar-refractivity contribution in [1.29, 1.82) is 0 Å². The Morgan fingerprint density at radius 3 is 2.76 bits per heavy atom. The van der Waals surface area contributed by atoms with Crippen LogP contribution in [0.15, 0.2) is 18.3 Å². The molecule has 0 amide bonds. The van der Waals surface area contributed by atoms with Crippen molar-refractivity contribution in [2.75, 3.05) is 12.3 Å². The number of hydrogen-bond donors (Lipinski definition) is 1. The van der Waals surface area contributed by atoms with E-state index in [4.69, 9.17) is 5.73 Å². The Balaban J connectivity index is 2.01.